The number of benzene rings is 2. The first-order valence-electron chi connectivity index (χ1n) is 9.58. The largest absolute Gasteiger partial charge is 0.503 e. The molecule has 3 N–H and O–H groups in total. The average molecular weight is 490 g/mol. The molecule has 0 unspecified atom stereocenters. The first kappa shape index (κ1) is 22.3. The van der Waals surface area contributed by atoms with Crippen LogP contribution >= 0.6 is 23.1 Å². The molecule has 1 fully saturated rings. The Morgan fingerprint density at radius 1 is 1.00 bits per heavy atom. The van der Waals surface area contributed by atoms with Crippen LogP contribution in [0, 0.1) is 5.92 Å². The van der Waals surface area contributed by atoms with E-state index < -0.39 is 16.2 Å². The standard InChI is InChI=1S/C20H17N3O2S3.CH2O3/c1-12-19(13-5-3-2-4-6-13)20(12)23-28(24,25)18-10-9-17(26-18)14-7-8-15-16(11-14)22-27-21-15;2-1(3)4/h2-12,19-20,23H,1H3;(H2,2,3,4)/t12-,19-,20+;/m1./s1. The van der Waals surface area contributed by atoms with Crippen LogP contribution in [-0.2, 0) is 10.0 Å². The number of rotatable bonds is 5. The van der Waals surface area contributed by atoms with Crippen LogP contribution in [0.1, 0.15) is 18.4 Å². The average Bonchev–Trinajstić information content (AvgIpc) is 3.17. The quantitative estimate of drug-likeness (QED) is 0.370. The number of carbonyl (C=O) groups is 1. The van der Waals surface area contributed by atoms with Gasteiger partial charge in [-0.25, -0.2) is 17.9 Å². The number of hydrogen-bond acceptors (Lipinski definition) is 7. The summed E-state index contributed by atoms with van der Waals surface area (Å²) in [7, 11) is -3.55. The van der Waals surface area contributed by atoms with E-state index in [4.69, 9.17) is 15.0 Å². The van der Waals surface area contributed by atoms with Gasteiger partial charge in [0.05, 0.1) is 11.7 Å². The van der Waals surface area contributed by atoms with Crippen molar-refractivity contribution in [2.24, 2.45) is 5.92 Å². The molecule has 2 aromatic heterocycles. The second-order valence-corrected chi connectivity index (χ2v) is 10.9. The highest BCUT2D eigenvalue weighted by Crippen LogP contribution is 2.48. The molecule has 2 aromatic carbocycles. The predicted molar refractivity (Wildman–Crippen MR) is 124 cm³/mol. The van der Waals surface area contributed by atoms with Gasteiger partial charge < -0.3 is 10.2 Å². The van der Waals surface area contributed by atoms with Gasteiger partial charge in [0.1, 0.15) is 15.2 Å². The van der Waals surface area contributed by atoms with Gasteiger partial charge in [-0.05, 0) is 41.3 Å². The number of fused-ring (bicyclic) bond motifs is 1. The minimum atomic E-state index is -3.55. The number of carboxylic acid groups (broad SMARTS) is 2. The van der Waals surface area contributed by atoms with Gasteiger partial charge in [-0.1, -0.05) is 43.3 Å². The maximum atomic E-state index is 12.9. The number of aromatic nitrogens is 2. The van der Waals surface area contributed by atoms with E-state index in [9.17, 15) is 8.42 Å². The summed E-state index contributed by atoms with van der Waals surface area (Å²) >= 11 is 2.45. The van der Waals surface area contributed by atoms with Gasteiger partial charge >= 0.3 is 6.16 Å². The monoisotopic (exact) mass is 489 g/mol. The summed E-state index contributed by atoms with van der Waals surface area (Å²) in [5.41, 5.74) is 3.82. The van der Waals surface area contributed by atoms with Crippen LogP contribution in [0.15, 0.2) is 64.9 Å². The molecule has 1 aliphatic carbocycles. The molecule has 0 bridgehead atoms. The lowest BCUT2D eigenvalue weighted by Crippen LogP contribution is -2.27. The van der Waals surface area contributed by atoms with Crippen LogP contribution in [0.2, 0.25) is 0 Å². The van der Waals surface area contributed by atoms with E-state index in [2.05, 4.69) is 32.5 Å². The van der Waals surface area contributed by atoms with Crippen molar-refractivity contribution in [3.8, 4) is 10.4 Å². The van der Waals surface area contributed by atoms with E-state index in [1.165, 1.54) is 28.6 Å². The van der Waals surface area contributed by atoms with Crippen LogP contribution < -0.4 is 4.72 Å². The topological polar surface area (TPSA) is 129 Å². The highest BCUT2D eigenvalue weighted by Gasteiger charge is 2.49. The van der Waals surface area contributed by atoms with Crippen LogP contribution in [0.3, 0.4) is 0 Å². The van der Waals surface area contributed by atoms with Crippen molar-refractivity contribution in [1.29, 1.82) is 0 Å². The van der Waals surface area contributed by atoms with Crippen LogP contribution in [0.4, 0.5) is 4.79 Å². The van der Waals surface area contributed by atoms with E-state index in [-0.39, 0.29) is 17.9 Å². The Labute approximate surface area is 192 Å². The molecule has 0 saturated heterocycles. The van der Waals surface area contributed by atoms with Gasteiger partial charge in [-0.3, -0.25) is 0 Å². The lowest BCUT2D eigenvalue weighted by molar-refractivity contribution is 0.137. The van der Waals surface area contributed by atoms with Gasteiger partial charge in [0.2, 0.25) is 10.0 Å². The molecule has 1 aliphatic rings. The highest BCUT2D eigenvalue weighted by atomic mass is 32.2. The third kappa shape index (κ3) is 4.80. The summed E-state index contributed by atoms with van der Waals surface area (Å²) in [6.45, 7) is 2.09. The second kappa shape index (κ2) is 8.94. The number of thiophene rings is 1. The van der Waals surface area contributed by atoms with Gasteiger partial charge in [0, 0.05) is 16.8 Å². The fraction of sp³-hybridized carbons (Fsp3) is 0.190. The Hall–Kier alpha value is -2.86. The fourth-order valence-electron chi connectivity index (χ4n) is 3.62. The molecule has 5 rings (SSSR count). The number of hydrogen-bond donors (Lipinski definition) is 3. The minimum Gasteiger partial charge on any atom is -0.450 e. The van der Waals surface area contributed by atoms with E-state index in [0.29, 0.717) is 4.21 Å². The molecule has 1 saturated carbocycles. The number of nitrogens with one attached hydrogen (secondary N) is 1. The van der Waals surface area contributed by atoms with Crippen molar-refractivity contribution in [3.05, 3.63) is 66.2 Å². The smallest absolute Gasteiger partial charge is 0.450 e. The predicted octanol–water partition coefficient (Wildman–Crippen LogP) is 4.72. The van der Waals surface area contributed by atoms with Crippen LogP contribution in [-0.4, -0.2) is 39.6 Å². The van der Waals surface area contributed by atoms with Crippen molar-refractivity contribution in [2.45, 2.75) is 23.1 Å². The molecule has 8 nitrogen and oxygen atoms in total. The van der Waals surface area contributed by atoms with E-state index >= 15 is 0 Å². The van der Waals surface area contributed by atoms with Crippen molar-refractivity contribution < 1.29 is 23.4 Å². The van der Waals surface area contributed by atoms with E-state index in [1.54, 1.807) is 6.07 Å². The zero-order valence-electron chi connectivity index (χ0n) is 16.7. The maximum Gasteiger partial charge on any atom is 0.503 e. The number of sulfonamides is 1. The molecule has 2 heterocycles. The molecule has 166 valence electrons. The molecular weight excluding hydrogens is 470 g/mol. The Kier molecular flexibility index (Phi) is 6.24. The van der Waals surface area contributed by atoms with Gasteiger partial charge in [0.25, 0.3) is 0 Å². The van der Waals surface area contributed by atoms with Crippen molar-refractivity contribution in [2.75, 3.05) is 0 Å². The lowest BCUT2D eigenvalue weighted by atomic mass is 10.1. The molecule has 0 radical (unpaired) electrons. The Bertz CT molecular complexity index is 1350. The molecule has 4 aromatic rings. The summed E-state index contributed by atoms with van der Waals surface area (Å²) in [5.74, 6) is 0.520. The third-order valence-electron chi connectivity index (χ3n) is 5.24. The minimum absolute atomic E-state index is 0.0598. The van der Waals surface area contributed by atoms with Gasteiger partial charge in [0.15, 0.2) is 0 Å². The summed E-state index contributed by atoms with van der Waals surface area (Å²) in [4.78, 5) is 9.46. The Balaban J connectivity index is 0.000000567. The summed E-state index contributed by atoms with van der Waals surface area (Å²) in [5, 5.41) is 13.9. The normalized spacial score (nSPS) is 19.8. The molecule has 3 atom stereocenters. The summed E-state index contributed by atoms with van der Waals surface area (Å²) < 4.78 is 37.5. The van der Waals surface area contributed by atoms with E-state index in [0.717, 1.165) is 21.5 Å². The second-order valence-electron chi connectivity index (χ2n) is 7.31. The van der Waals surface area contributed by atoms with E-state index in [1.807, 2.05) is 42.5 Å². The molecule has 0 aliphatic heterocycles. The molecule has 0 amide bonds. The highest BCUT2D eigenvalue weighted by molar-refractivity contribution is 7.91. The van der Waals surface area contributed by atoms with Crippen molar-refractivity contribution in [1.82, 2.24) is 13.5 Å². The number of nitrogens with zero attached hydrogens (tertiary/aromatic N) is 2. The van der Waals surface area contributed by atoms with Crippen LogP contribution in [0.25, 0.3) is 21.5 Å². The summed E-state index contributed by atoms with van der Waals surface area (Å²) in [6, 6.07) is 19.4. The Morgan fingerprint density at radius 2 is 1.69 bits per heavy atom. The Morgan fingerprint density at radius 3 is 2.41 bits per heavy atom. The van der Waals surface area contributed by atoms with Crippen molar-refractivity contribution >= 4 is 50.3 Å². The van der Waals surface area contributed by atoms with Crippen LogP contribution in [0.5, 0.6) is 0 Å². The van der Waals surface area contributed by atoms with Crippen molar-refractivity contribution in [3.63, 3.8) is 0 Å². The molecule has 11 heteroatoms. The van der Waals surface area contributed by atoms with Gasteiger partial charge in [-0.15, -0.1) is 11.3 Å². The fourth-order valence-corrected chi connectivity index (χ4v) is 6.81. The lowest BCUT2D eigenvalue weighted by Gasteiger charge is -2.04. The SMILES string of the molecule is C[C@H]1[C@H](NS(=O)(=O)c2ccc(-c3ccc4nsnc4c3)s2)[C@H]1c1ccccc1.O=C(O)O. The third-order valence-corrected chi connectivity index (χ3v) is 8.88. The molecule has 32 heavy (non-hydrogen) atoms. The first-order chi connectivity index (χ1) is 15.3. The zero-order valence-corrected chi connectivity index (χ0v) is 19.2. The van der Waals surface area contributed by atoms with Gasteiger partial charge in [-0.2, -0.15) is 8.75 Å². The maximum absolute atomic E-state index is 12.9. The molecular formula is C21H19N3O5S3. The zero-order chi connectivity index (χ0) is 22.9. The first-order valence-corrected chi connectivity index (χ1v) is 12.6. The summed E-state index contributed by atoms with van der Waals surface area (Å²) in [6.07, 6.45) is -1.83. The molecule has 0 spiro atoms.